The van der Waals surface area contributed by atoms with Crippen LogP contribution < -0.4 is 10.6 Å². The minimum Gasteiger partial charge on any atom is -0.381 e. The molecular weight excluding hydrogens is 408 g/mol. The van der Waals surface area contributed by atoms with Crippen molar-refractivity contribution in [1.29, 1.82) is 0 Å². The van der Waals surface area contributed by atoms with Gasteiger partial charge in [-0.1, -0.05) is 0 Å². The average molecular weight is 447 g/mol. The number of rotatable bonds is 8. The van der Waals surface area contributed by atoms with Crippen molar-refractivity contribution < 1.29 is 18.9 Å². The second-order valence-electron chi connectivity index (χ2n) is 9.73. The maximum atomic E-state index is 6.07. The van der Waals surface area contributed by atoms with Crippen LogP contribution in [0.25, 0.3) is 0 Å². The van der Waals surface area contributed by atoms with Gasteiger partial charge in [0.15, 0.2) is 0 Å². The SMILES string of the molecule is CCOC1CC(Nc2cc(NC3CC(OCC)C34CCOCC4)ncn2)C12CCOCC2. The summed E-state index contributed by atoms with van der Waals surface area (Å²) in [4.78, 5) is 9.06. The molecule has 4 aliphatic rings. The molecule has 3 heterocycles. The minimum atomic E-state index is 0.150. The standard InChI is InChI=1S/C24H38N4O4/c1-3-31-19-13-17(23(19)5-9-29-10-6-23)27-21-15-22(26-16-25-21)28-18-14-20(32-4-2)24(18)7-11-30-12-8-24/h15-20H,3-14H2,1-2H3,(H2,25,26,27,28). The predicted molar refractivity (Wildman–Crippen MR) is 122 cm³/mol. The summed E-state index contributed by atoms with van der Waals surface area (Å²) in [6.07, 6.45) is 8.47. The lowest BCUT2D eigenvalue weighted by atomic mass is 9.57. The molecule has 4 atom stereocenters. The van der Waals surface area contributed by atoms with Crippen molar-refractivity contribution in [1.82, 2.24) is 9.97 Å². The summed E-state index contributed by atoms with van der Waals surface area (Å²) in [7, 11) is 0. The highest BCUT2D eigenvalue weighted by Crippen LogP contribution is 2.53. The monoisotopic (exact) mass is 446 g/mol. The third-order valence-corrected chi connectivity index (χ3v) is 8.46. The number of aromatic nitrogens is 2. The van der Waals surface area contributed by atoms with Gasteiger partial charge in [-0.05, 0) is 52.4 Å². The summed E-state index contributed by atoms with van der Waals surface area (Å²) in [6, 6.07) is 2.78. The van der Waals surface area contributed by atoms with Crippen molar-refractivity contribution in [3.8, 4) is 0 Å². The van der Waals surface area contributed by atoms with Gasteiger partial charge in [-0.15, -0.1) is 0 Å². The third kappa shape index (κ3) is 3.89. The minimum absolute atomic E-state index is 0.150. The Morgan fingerprint density at radius 2 is 1.25 bits per heavy atom. The summed E-state index contributed by atoms with van der Waals surface area (Å²) in [5.74, 6) is 1.77. The Morgan fingerprint density at radius 3 is 1.66 bits per heavy atom. The summed E-state index contributed by atoms with van der Waals surface area (Å²) in [6.45, 7) is 8.94. The Labute approximate surface area is 191 Å². The molecule has 4 fully saturated rings. The Morgan fingerprint density at radius 1 is 0.812 bits per heavy atom. The van der Waals surface area contributed by atoms with Gasteiger partial charge in [0.25, 0.3) is 0 Å². The van der Waals surface area contributed by atoms with Crippen molar-refractivity contribution in [2.75, 3.05) is 50.3 Å². The van der Waals surface area contributed by atoms with Gasteiger partial charge in [0.1, 0.15) is 18.0 Å². The summed E-state index contributed by atoms with van der Waals surface area (Å²) in [5, 5.41) is 7.41. The zero-order valence-electron chi connectivity index (χ0n) is 19.5. The van der Waals surface area contributed by atoms with Crippen LogP contribution in [-0.2, 0) is 18.9 Å². The van der Waals surface area contributed by atoms with Crippen LogP contribution in [0.2, 0.25) is 0 Å². The van der Waals surface area contributed by atoms with E-state index in [1.54, 1.807) is 6.33 Å². The lowest BCUT2D eigenvalue weighted by molar-refractivity contribution is -0.159. The highest BCUT2D eigenvalue weighted by Gasteiger charge is 2.57. The first-order chi connectivity index (χ1) is 15.7. The highest BCUT2D eigenvalue weighted by atomic mass is 16.5. The predicted octanol–water partition coefficient (Wildman–Crippen LogP) is 3.25. The largest absolute Gasteiger partial charge is 0.381 e. The molecule has 32 heavy (non-hydrogen) atoms. The second kappa shape index (κ2) is 9.41. The van der Waals surface area contributed by atoms with E-state index >= 15 is 0 Å². The molecule has 2 spiro atoms. The number of nitrogens with zero attached hydrogens (tertiary/aromatic N) is 2. The van der Waals surface area contributed by atoms with E-state index in [1.165, 1.54) is 0 Å². The number of hydrogen-bond donors (Lipinski definition) is 2. The molecule has 0 aromatic carbocycles. The van der Waals surface area contributed by atoms with E-state index in [2.05, 4.69) is 40.5 Å². The molecular formula is C24H38N4O4. The molecule has 8 nitrogen and oxygen atoms in total. The first-order valence-electron chi connectivity index (χ1n) is 12.4. The molecule has 2 saturated carbocycles. The molecule has 2 aliphatic carbocycles. The van der Waals surface area contributed by atoms with Gasteiger partial charge in [0, 0.05) is 68.6 Å². The Hall–Kier alpha value is -1.48. The van der Waals surface area contributed by atoms with Gasteiger partial charge in [-0.3, -0.25) is 0 Å². The number of nitrogens with one attached hydrogen (secondary N) is 2. The van der Waals surface area contributed by atoms with Crippen LogP contribution in [0.1, 0.15) is 52.4 Å². The van der Waals surface area contributed by atoms with Crippen LogP contribution in [0.15, 0.2) is 12.4 Å². The van der Waals surface area contributed by atoms with E-state index in [0.29, 0.717) is 24.3 Å². The zero-order chi connectivity index (χ0) is 22.0. The fourth-order valence-corrected chi connectivity index (χ4v) is 6.49. The number of ether oxygens (including phenoxy) is 4. The third-order valence-electron chi connectivity index (χ3n) is 8.46. The van der Waals surface area contributed by atoms with Crippen molar-refractivity contribution in [3.63, 3.8) is 0 Å². The van der Waals surface area contributed by atoms with Crippen molar-refractivity contribution in [2.45, 2.75) is 76.7 Å². The smallest absolute Gasteiger partial charge is 0.131 e. The van der Waals surface area contributed by atoms with Gasteiger partial charge in [-0.25, -0.2) is 9.97 Å². The first-order valence-corrected chi connectivity index (χ1v) is 12.4. The number of anilines is 2. The van der Waals surface area contributed by atoms with Crippen molar-refractivity contribution in [2.24, 2.45) is 10.8 Å². The molecule has 1 aromatic heterocycles. The lowest BCUT2D eigenvalue weighted by Crippen LogP contribution is -2.63. The van der Waals surface area contributed by atoms with E-state index < -0.39 is 0 Å². The van der Waals surface area contributed by atoms with E-state index in [4.69, 9.17) is 18.9 Å². The van der Waals surface area contributed by atoms with Gasteiger partial charge in [-0.2, -0.15) is 0 Å². The molecule has 4 unspecified atom stereocenters. The van der Waals surface area contributed by atoms with Gasteiger partial charge >= 0.3 is 0 Å². The molecule has 8 heteroatoms. The molecule has 2 saturated heterocycles. The van der Waals surface area contributed by atoms with Crippen LogP contribution in [0.5, 0.6) is 0 Å². The molecule has 2 N–H and O–H groups in total. The van der Waals surface area contributed by atoms with Crippen molar-refractivity contribution >= 4 is 11.6 Å². The van der Waals surface area contributed by atoms with Crippen LogP contribution >= 0.6 is 0 Å². The second-order valence-corrected chi connectivity index (χ2v) is 9.73. The van der Waals surface area contributed by atoms with Crippen LogP contribution in [0, 0.1) is 10.8 Å². The van der Waals surface area contributed by atoms with Crippen LogP contribution in [0.3, 0.4) is 0 Å². The Bertz CT molecular complexity index is 707. The van der Waals surface area contributed by atoms with Crippen LogP contribution in [0.4, 0.5) is 11.6 Å². The molecule has 0 bridgehead atoms. The molecule has 178 valence electrons. The maximum Gasteiger partial charge on any atom is 0.131 e. The summed E-state index contributed by atoms with van der Waals surface area (Å²) in [5.41, 5.74) is 0.301. The van der Waals surface area contributed by atoms with Gasteiger partial charge in [0.2, 0.25) is 0 Å². The lowest BCUT2D eigenvalue weighted by Gasteiger charge is -2.57. The summed E-state index contributed by atoms with van der Waals surface area (Å²) >= 11 is 0. The van der Waals surface area contributed by atoms with Crippen molar-refractivity contribution in [3.05, 3.63) is 12.4 Å². The first kappa shape index (κ1) is 22.3. The molecule has 2 aliphatic heterocycles. The van der Waals surface area contributed by atoms with Crippen LogP contribution in [-0.4, -0.2) is 73.9 Å². The molecule has 5 rings (SSSR count). The molecule has 1 aromatic rings. The molecule has 0 radical (unpaired) electrons. The quantitative estimate of drug-likeness (QED) is 0.629. The Kier molecular flexibility index (Phi) is 6.56. The zero-order valence-corrected chi connectivity index (χ0v) is 19.5. The van der Waals surface area contributed by atoms with E-state index in [-0.39, 0.29) is 10.8 Å². The van der Waals surface area contributed by atoms with E-state index in [0.717, 1.165) is 89.8 Å². The van der Waals surface area contributed by atoms with E-state index in [1.807, 2.05) is 0 Å². The van der Waals surface area contributed by atoms with Gasteiger partial charge < -0.3 is 29.6 Å². The number of hydrogen-bond acceptors (Lipinski definition) is 8. The average Bonchev–Trinajstić information content (AvgIpc) is 2.84. The van der Waals surface area contributed by atoms with E-state index in [9.17, 15) is 0 Å². The van der Waals surface area contributed by atoms with Gasteiger partial charge in [0.05, 0.1) is 12.2 Å². The fraction of sp³-hybridized carbons (Fsp3) is 0.833. The highest BCUT2D eigenvalue weighted by molar-refractivity contribution is 5.49. The topological polar surface area (TPSA) is 86.8 Å². The fourth-order valence-electron chi connectivity index (χ4n) is 6.49. The summed E-state index contributed by atoms with van der Waals surface area (Å²) < 4.78 is 23.4. The normalized spacial score (nSPS) is 32.8. The molecule has 0 amide bonds. The maximum absolute atomic E-state index is 6.07. The Balaban J connectivity index is 1.25.